The summed E-state index contributed by atoms with van der Waals surface area (Å²) >= 11 is 0. The highest BCUT2D eigenvalue weighted by atomic mass is 15.3. The van der Waals surface area contributed by atoms with E-state index in [1.165, 1.54) is 5.69 Å². The molecule has 0 atom stereocenters. The fraction of sp³-hybridized carbons (Fsp3) is 0.615. The van der Waals surface area contributed by atoms with E-state index in [9.17, 15) is 0 Å². The summed E-state index contributed by atoms with van der Waals surface area (Å²) in [6.45, 7) is 9.73. The van der Waals surface area contributed by atoms with Crippen LogP contribution in [-0.2, 0) is 19.6 Å². The molecule has 0 radical (unpaired) electrons. The number of hydrogen-bond acceptors (Lipinski definition) is 4. The van der Waals surface area contributed by atoms with Crippen molar-refractivity contribution in [2.45, 2.75) is 46.8 Å². The third kappa shape index (κ3) is 3.64. The van der Waals surface area contributed by atoms with Crippen LogP contribution < -0.4 is 5.32 Å². The molecular formula is C13H22N6. The van der Waals surface area contributed by atoms with E-state index in [2.05, 4.69) is 45.1 Å². The predicted molar refractivity (Wildman–Crippen MR) is 73.7 cm³/mol. The van der Waals surface area contributed by atoms with Gasteiger partial charge in [-0.15, -0.1) is 0 Å². The number of nitrogens with zero attached hydrogens (tertiary/aromatic N) is 5. The molecule has 0 bridgehead atoms. The molecule has 19 heavy (non-hydrogen) atoms. The van der Waals surface area contributed by atoms with Gasteiger partial charge in [-0.3, -0.25) is 4.68 Å². The van der Waals surface area contributed by atoms with E-state index in [1.54, 1.807) is 6.33 Å². The molecule has 0 spiro atoms. The summed E-state index contributed by atoms with van der Waals surface area (Å²) in [7, 11) is 0. The molecule has 0 aliphatic heterocycles. The van der Waals surface area contributed by atoms with E-state index in [0.717, 1.165) is 44.1 Å². The van der Waals surface area contributed by atoms with Crippen molar-refractivity contribution in [1.82, 2.24) is 29.9 Å². The van der Waals surface area contributed by atoms with Gasteiger partial charge in [-0.25, -0.2) is 9.67 Å². The first-order chi connectivity index (χ1) is 9.20. The van der Waals surface area contributed by atoms with Gasteiger partial charge in [0.2, 0.25) is 0 Å². The molecule has 0 saturated carbocycles. The third-order valence-electron chi connectivity index (χ3n) is 3.11. The Hall–Kier alpha value is -1.69. The highest BCUT2D eigenvalue weighted by molar-refractivity contribution is 5.06. The molecule has 2 aromatic rings. The summed E-state index contributed by atoms with van der Waals surface area (Å²) in [6.07, 6.45) is 2.67. The summed E-state index contributed by atoms with van der Waals surface area (Å²) < 4.78 is 3.97. The van der Waals surface area contributed by atoms with Gasteiger partial charge >= 0.3 is 0 Å². The minimum Gasteiger partial charge on any atom is -0.310 e. The fourth-order valence-corrected chi connectivity index (χ4v) is 2.14. The van der Waals surface area contributed by atoms with E-state index in [4.69, 9.17) is 0 Å². The van der Waals surface area contributed by atoms with Gasteiger partial charge in [0.15, 0.2) is 0 Å². The van der Waals surface area contributed by atoms with Crippen LogP contribution in [0, 0.1) is 13.8 Å². The Morgan fingerprint density at radius 2 is 2.11 bits per heavy atom. The molecule has 0 aliphatic carbocycles. The van der Waals surface area contributed by atoms with Crippen LogP contribution in [0.1, 0.15) is 30.6 Å². The molecule has 6 heteroatoms. The number of rotatable bonds is 7. The lowest BCUT2D eigenvalue weighted by Gasteiger charge is -2.06. The Morgan fingerprint density at radius 1 is 1.26 bits per heavy atom. The molecule has 2 heterocycles. The molecule has 2 rings (SSSR count). The second-order valence-electron chi connectivity index (χ2n) is 4.67. The highest BCUT2D eigenvalue weighted by Crippen LogP contribution is 2.02. The Kier molecular flexibility index (Phi) is 4.68. The van der Waals surface area contributed by atoms with Crippen molar-refractivity contribution < 1.29 is 0 Å². The van der Waals surface area contributed by atoms with E-state index in [0.29, 0.717) is 0 Å². The normalized spacial score (nSPS) is 11.1. The molecular weight excluding hydrogens is 240 g/mol. The van der Waals surface area contributed by atoms with Crippen LogP contribution in [0.2, 0.25) is 0 Å². The van der Waals surface area contributed by atoms with Crippen molar-refractivity contribution in [1.29, 1.82) is 0 Å². The van der Waals surface area contributed by atoms with Crippen LogP contribution in [0.3, 0.4) is 0 Å². The predicted octanol–water partition coefficient (Wildman–Crippen LogP) is 1.29. The van der Waals surface area contributed by atoms with Crippen LogP contribution >= 0.6 is 0 Å². The Bertz CT molecular complexity index is 513. The van der Waals surface area contributed by atoms with Crippen LogP contribution in [0.25, 0.3) is 0 Å². The van der Waals surface area contributed by atoms with Crippen molar-refractivity contribution >= 4 is 0 Å². The van der Waals surface area contributed by atoms with Gasteiger partial charge in [-0.1, -0.05) is 0 Å². The fourth-order valence-electron chi connectivity index (χ4n) is 2.14. The Labute approximate surface area is 113 Å². The van der Waals surface area contributed by atoms with E-state index >= 15 is 0 Å². The maximum atomic E-state index is 4.45. The zero-order valence-electron chi connectivity index (χ0n) is 11.9. The van der Waals surface area contributed by atoms with Crippen molar-refractivity contribution in [2.75, 3.05) is 6.54 Å². The molecule has 0 fully saturated rings. The topological polar surface area (TPSA) is 60.6 Å². The van der Waals surface area contributed by atoms with Crippen molar-refractivity contribution in [3.8, 4) is 0 Å². The van der Waals surface area contributed by atoms with E-state index in [-0.39, 0.29) is 0 Å². The van der Waals surface area contributed by atoms with Crippen LogP contribution in [0.5, 0.6) is 0 Å². The number of nitrogens with one attached hydrogen (secondary N) is 1. The monoisotopic (exact) mass is 262 g/mol. The lowest BCUT2D eigenvalue weighted by atomic mass is 10.4. The Balaban J connectivity index is 1.69. The number of aromatic nitrogens is 5. The highest BCUT2D eigenvalue weighted by Gasteiger charge is 2.02. The van der Waals surface area contributed by atoms with E-state index in [1.807, 2.05) is 11.6 Å². The Morgan fingerprint density at radius 3 is 2.79 bits per heavy atom. The van der Waals surface area contributed by atoms with Crippen LogP contribution in [0.4, 0.5) is 0 Å². The average Bonchev–Trinajstić information content (AvgIpc) is 2.95. The molecule has 0 aliphatic rings. The minimum atomic E-state index is 0.769. The summed E-state index contributed by atoms with van der Waals surface area (Å²) in [4.78, 5) is 4.23. The molecule has 0 amide bonds. The van der Waals surface area contributed by atoms with Crippen LogP contribution in [-0.4, -0.2) is 31.1 Å². The number of hydrogen-bond donors (Lipinski definition) is 1. The lowest BCUT2D eigenvalue weighted by molar-refractivity contribution is 0.516. The summed E-state index contributed by atoms with van der Waals surface area (Å²) in [5.41, 5.74) is 2.31. The molecule has 0 aromatic carbocycles. The SMILES string of the molecule is CCn1ncnc1CNCCCn1nc(C)cc1C. The van der Waals surface area contributed by atoms with Crippen LogP contribution in [0.15, 0.2) is 12.4 Å². The maximum absolute atomic E-state index is 4.45. The summed E-state index contributed by atoms with van der Waals surface area (Å²) in [6, 6.07) is 2.11. The largest absolute Gasteiger partial charge is 0.310 e. The van der Waals surface area contributed by atoms with Gasteiger partial charge in [0, 0.05) is 18.8 Å². The molecule has 6 nitrogen and oxygen atoms in total. The quantitative estimate of drug-likeness (QED) is 0.764. The van der Waals surface area contributed by atoms with Crippen molar-refractivity contribution in [3.63, 3.8) is 0 Å². The first-order valence-corrected chi connectivity index (χ1v) is 6.79. The van der Waals surface area contributed by atoms with Crippen molar-refractivity contribution in [3.05, 3.63) is 29.6 Å². The van der Waals surface area contributed by atoms with Gasteiger partial charge < -0.3 is 5.32 Å². The second kappa shape index (κ2) is 6.47. The molecule has 1 N–H and O–H groups in total. The van der Waals surface area contributed by atoms with Gasteiger partial charge in [0.05, 0.1) is 12.2 Å². The van der Waals surface area contributed by atoms with Gasteiger partial charge in [-0.2, -0.15) is 10.2 Å². The smallest absolute Gasteiger partial charge is 0.140 e. The van der Waals surface area contributed by atoms with E-state index < -0.39 is 0 Å². The first-order valence-electron chi connectivity index (χ1n) is 6.79. The maximum Gasteiger partial charge on any atom is 0.140 e. The molecule has 104 valence electrons. The standard InChI is InChI=1S/C13H22N6/c1-4-18-13(15-10-16-18)9-14-6-5-7-19-12(3)8-11(2)17-19/h8,10,14H,4-7,9H2,1-3H3. The molecule has 2 aromatic heterocycles. The second-order valence-corrected chi connectivity index (χ2v) is 4.67. The summed E-state index contributed by atoms with van der Waals surface area (Å²) in [5, 5.41) is 12.0. The van der Waals surface area contributed by atoms with Gasteiger partial charge in [0.1, 0.15) is 12.2 Å². The first kappa shape index (κ1) is 13.7. The average molecular weight is 262 g/mol. The third-order valence-corrected chi connectivity index (χ3v) is 3.11. The molecule has 0 saturated heterocycles. The van der Waals surface area contributed by atoms with Crippen molar-refractivity contribution in [2.24, 2.45) is 0 Å². The van der Waals surface area contributed by atoms with Gasteiger partial charge in [-0.05, 0) is 39.8 Å². The zero-order chi connectivity index (χ0) is 13.7. The number of aryl methyl sites for hydroxylation is 4. The molecule has 0 unspecified atom stereocenters. The lowest BCUT2D eigenvalue weighted by Crippen LogP contribution is -2.20. The minimum absolute atomic E-state index is 0.769. The summed E-state index contributed by atoms with van der Waals surface area (Å²) in [5.74, 6) is 0.994. The van der Waals surface area contributed by atoms with Gasteiger partial charge in [0.25, 0.3) is 0 Å². The zero-order valence-corrected chi connectivity index (χ0v) is 11.9.